The predicted octanol–water partition coefficient (Wildman–Crippen LogP) is 1.71. The second-order valence-corrected chi connectivity index (χ2v) is 4.26. The zero-order chi connectivity index (χ0) is 15.7. The van der Waals surface area contributed by atoms with E-state index < -0.39 is 0 Å². The Bertz CT molecular complexity index is 511. The summed E-state index contributed by atoms with van der Waals surface area (Å²) in [7, 11) is 4.63. The molecule has 0 spiro atoms. The van der Waals surface area contributed by atoms with E-state index in [-0.39, 0.29) is 12.3 Å². The minimum Gasteiger partial charge on any atom is -0.493 e. The first-order chi connectivity index (χ1) is 10.2. The van der Waals surface area contributed by atoms with Crippen LogP contribution < -0.4 is 9.47 Å². The number of hydrogen-bond donors (Lipinski definition) is 0. The highest BCUT2D eigenvalue weighted by molar-refractivity contribution is 5.95. The lowest BCUT2D eigenvalue weighted by atomic mass is 10.1. The van der Waals surface area contributed by atoms with Crippen LogP contribution >= 0.6 is 0 Å². The quantitative estimate of drug-likeness (QED) is 0.729. The van der Waals surface area contributed by atoms with Crippen LogP contribution in [-0.4, -0.2) is 51.8 Å². The van der Waals surface area contributed by atoms with E-state index in [9.17, 15) is 4.79 Å². The Morgan fingerprint density at radius 3 is 2.48 bits per heavy atom. The summed E-state index contributed by atoms with van der Waals surface area (Å²) in [6.45, 7) is 1.23. The Labute approximate surface area is 124 Å². The van der Waals surface area contributed by atoms with Crippen LogP contribution in [0.15, 0.2) is 18.2 Å². The van der Waals surface area contributed by atoms with Crippen molar-refractivity contribution in [3.63, 3.8) is 0 Å². The molecule has 0 fully saturated rings. The van der Waals surface area contributed by atoms with Crippen LogP contribution in [0.4, 0.5) is 0 Å². The maximum Gasteiger partial charge on any atom is 0.254 e. The molecule has 0 aliphatic rings. The van der Waals surface area contributed by atoms with E-state index in [4.69, 9.17) is 19.5 Å². The van der Waals surface area contributed by atoms with Crippen LogP contribution in [0.1, 0.15) is 16.8 Å². The first-order valence-electron chi connectivity index (χ1n) is 6.55. The second kappa shape index (κ2) is 8.82. The van der Waals surface area contributed by atoms with Crippen molar-refractivity contribution in [2.24, 2.45) is 0 Å². The van der Waals surface area contributed by atoms with Crippen LogP contribution in [0.25, 0.3) is 0 Å². The standard InChI is InChI=1S/C15H20N2O4/c1-19-10-9-17(8-4-7-16)15(18)12-5-6-13(20-2)14(11-12)21-3/h5-6,11H,4,8-10H2,1-3H3. The molecule has 1 rings (SSSR count). The number of methoxy groups -OCH3 is 3. The smallest absolute Gasteiger partial charge is 0.254 e. The summed E-state index contributed by atoms with van der Waals surface area (Å²) >= 11 is 0. The third-order valence-corrected chi connectivity index (χ3v) is 2.98. The number of carbonyl (C=O) groups is 1. The summed E-state index contributed by atoms with van der Waals surface area (Å²) in [4.78, 5) is 14.1. The van der Waals surface area contributed by atoms with Crippen molar-refractivity contribution in [3.05, 3.63) is 23.8 Å². The van der Waals surface area contributed by atoms with Crippen LogP contribution in [0, 0.1) is 11.3 Å². The number of nitriles is 1. The highest BCUT2D eigenvalue weighted by atomic mass is 16.5. The topological polar surface area (TPSA) is 71.8 Å². The van der Waals surface area contributed by atoms with E-state index in [0.29, 0.717) is 36.8 Å². The highest BCUT2D eigenvalue weighted by Gasteiger charge is 2.17. The monoisotopic (exact) mass is 292 g/mol. The van der Waals surface area contributed by atoms with Gasteiger partial charge in [0.2, 0.25) is 0 Å². The zero-order valence-electron chi connectivity index (χ0n) is 12.6. The Morgan fingerprint density at radius 1 is 1.19 bits per heavy atom. The Morgan fingerprint density at radius 2 is 1.90 bits per heavy atom. The van der Waals surface area contributed by atoms with Crippen molar-refractivity contribution in [1.29, 1.82) is 5.26 Å². The van der Waals surface area contributed by atoms with Gasteiger partial charge in [-0.1, -0.05) is 0 Å². The minimum atomic E-state index is -0.164. The molecule has 0 N–H and O–H groups in total. The van der Waals surface area contributed by atoms with Crippen LogP contribution in [0.5, 0.6) is 11.5 Å². The fourth-order valence-corrected chi connectivity index (χ4v) is 1.85. The average molecular weight is 292 g/mol. The maximum absolute atomic E-state index is 12.5. The normalized spacial score (nSPS) is 9.81. The Kier molecular flexibility index (Phi) is 7.05. The average Bonchev–Trinajstić information content (AvgIpc) is 2.53. The molecule has 1 aromatic rings. The molecule has 6 heteroatoms. The van der Waals surface area contributed by atoms with Gasteiger partial charge in [-0.3, -0.25) is 4.79 Å². The van der Waals surface area contributed by atoms with E-state index in [1.807, 2.05) is 6.07 Å². The number of rotatable bonds is 8. The number of carbonyl (C=O) groups excluding carboxylic acids is 1. The van der Waals surface area contributed by atoms with Gasteiger partial charge in [0.15, 0.2) is 11.5 Å². The summed E-state index contributed by atoms with van der Waals surface area (Å²) in [5.41, 5.74) is 0.488. The molecule has 1 aromatic carbocycles. The van der Waals surface area contributed by atoms with Gasteiger partial charge < -0.3 is 19.1 Å². The Balaban J connectivity index is 2.94. The molecule has 1 amide bonds. The molecule has 0 aliphatic heterocycles. The van der Waals surface area contributed by atoms with Crippen LogP contribution in [0.2, 0.25) is 0 Å². The molecule has 0 saturated carbocycles. The van der Waals surface area contributed by atoms with Crippen molar-refractivity contribution >= 4 is 5.91 Å². The largest absolute Gasteiger partial charge is 0.493 e. The first kappa shape index (κ1) is 16.8. The molecular weight excluding hydrogens is 272 g/mol. The van der Waals surface area contributed by atoms with Gasteiger partial charge in [0.05, 0.1) is 33.3 Å². The summed E-state index contributed by atoms with van der Waals surface area (Å²) in [5, 5.41) is 8.69. The molecule has 0 heterocycles. The van der Waals surface area contributed by atoms with E-state index in [1.54, 1.807) is 30.2 Å². The molecule has 0 radical (unpaired) electrons. The van der Waals surface area contributed by atoms with Crippen molar-refractivity contribution in [2.45, 2.75) is 6.42 Å². The minimum absolute atomic E-state index is 0.164. The van der Waals surface area contributed by atoms with Gasteiger partial charge in [-0.25, -0.2) is 0 Å². The van der Waals surface area contributed by atoms with E-state index >= 15 is 0 Å². The van der Waals surface area contributed by atoms with Gasteiger partial charge in [-0.15, -0.1) is 0 Å². The van der Waals surface area contributed by atoms with Gasteiger partial charge >= 0.3 is 0 Å². The van der Waals surface area contributed by atoms with Gasteiger partial charge in [-0.05, 0) is 18.2 Å². The SMILES string of the molecule is COCCN(CCC#N)C(=O)c1ccc(OC)c(OC)c1. The van der Waals surface area contributed by atoms with Crippen molar-refractivity contribution in [3.8, 4) is 17.6 Å². The third-order valence-electron chi connectivity index (χ3n) is 2.98. The molecule has 0 bridgehead atoms. The second-order valence-electron chi connectivity index (χ2n) is 4.26. The summed E-state index contributed by atoms with van der Waals surface area (Å²) in [6, 6.07) is 7.04. The molecule has 6 nitrogen and oxygen atoms in total. The third kappa shape index (κ3) is 4.65. The molecular formula is C15H20N2O4. The van der Waals surface area contributed by atoms with Gasteiger partial charge in [0.25, 0.3) is 5.91 Å². The lowest BCUT2D eigenvalue weighted by Gasteiger charge is -2.21. The molecule has 0 aromatic heterocycles. The van der Waals surface area contributed by atoms with E-state index in [1.165, 1.54) is 14.2 Å². The molecule has 0 saturated heterocycles. The zero-order valence-corrected chi connectivity index (χ0v) is 12.6. The number of nitrogens with zero attached hydrogens (tertiary/aromatic N) is 2. The van der Waals surface area contributed by atoms with Gasteiger partial charge in [-0.2, -0.15) is 5.26 Å². The van der Waals surface area contributed by atoms with Crippen molar-refractivity contribution in [1.82, 2.24) is 4.90 Å². The lowest BCUT2D eigenvalue weighted by Crippen LogP contribution is -2.34. The first-order valence-corrected chi connectivity index (χ1v) is 6.55. The Hall–Kier alpha value is -2.26. The molecule has 21 heavy (non-hydrogen) atoms. The van der Waals surface area contributed by atoms with Crippen molar-refractivity contribution < 1.29 is 19.0 Å². The van der Waals surface area contributed by atoms with E-state index in [0.717, 1.165) is 0 Å². The molecule has 0 atom stereocenters. The van der Waals surface area contributed by atoms with Crippen LogP contribution in [0.3, 0.4) is 0 Å². The highest BCUT2D eigenvalue weighted by Crippen LogP contribution is 2.28. The van der Waals surface area contributed by atoms with E-state index in [2.05, 4.69) is 0 Å². The van der Waals surface area contributed by atoms with Crippen molar-refractivity contribution in [2.75, 3.05) is 41.0 Å². The van der Waals surface area contributed by atoms with Gasteiger partial charge in [0, 0.05) is 25.8 Å². The predicted molar refractivity (Wildman–Crippen MR) is 77.6 cm³/mol. The summed E-state index contributed by atoms with van der Waals surface area (Å²) in [5.74, 6) is 0.896. The molecule has 114 valence electrons. The fourth-order valence-electron chi connectivity index (χ4n) is 1.85. The number of hydrogen-bond acceptors (Lipinski definition) is 5. The van der Waals surface area contributed by atoms with Crippen LogP contribution in [-0.2, 0) is 4.74 Å². The summed E-state index contributed by atoms with van der Waals surface area (Å²) in [6.07, 6.45) is 0.280. The summed E-state index contributed by atoms with van der Waals surface area (Å²) < 4.78 is 15.3. The number of benzene rings is 1. The maximum atomic E-state index is 12.5. The molecule has 0 unspecified atom stereocenters. The number of amides is 1. The fraction of sp³-hybridized carbons (Fsp3) is 0.467. The lowest BCUT2D eigenvalue weighted by molar-refractivity contribution is 0.0699. The molecule has 0 aliphatic carbocycles. The van der Waals surface area contributed by atoms with Gasteiger partial charge in [0.1, 0.15) is 0 Å². The number of ether oxygens (including phenoxy) is 3.